The van der Waals surface area contributed by atoms with Gasteiger partial charge in [0.25, 0.3) is 0 Å². The summed E-state index contributed by atoms with van der Waals surface area (Å²) >= 11 is 63.8. The first-order chi connectivity index (χ1) is 46.7. The molecule has 0 bridgehead atoms. The van der Waals surface area contributed by atoms with Gasteiger partial charge in [-0.15, -0.1) is 0 Å². The van der Waals surface area contributed by atoms with E-state index in [1.165, 1.54) is 385 Å². The molecule has 12 saturated carbocycles. The van der Waals surface area contributed by atoms with Gasteiger partial charge >= 0.3 is 0 Å². The zero-order valence-corrected chi connectivity index (χ0v) is 72.2. The summed E-state index contributed by atoms with van der Waals surface area (Å²) in [4.78, 5) is 14.6. The predicted molar refractivity (Wildman–Crippen MR) is 453 cm³/mol. The Kier molecular flexibility index (Phi) is 45.7. The number of rotatable bonds is 12. The van der Waals surface area contributed by atoms with Crippen molar-refractivity contribution in [1.29, 1.82) is 0 Å². The molecule has 0 spiro atoms. The summed E-state index contributed by atoms with van der Waals surface area (Å²) in [5, 5.41) is 0. The molecule has 0 aliphatic heterocycles. The fourth-order valence-corrected chi connectivity index (χ4v) is 23.5. The van der Waals surface area contributed by atoms with Crippen molar-refractivity contribution in [2.75, 3.05) is 0 Å². The minimum absolute atomic E-state index is 0. The van der Waals surface area contributed by atoms with Crippen LogP contribution in [0.4, 0.5) is 0 Å². The van der Waals surface area contributed by atoms with E-state index in [1.807, 2.05) is 0 Å². The van der Waals surface area contributed by atoms with Gasteiger partial charge in [-0.05, 0) is 154 Å². The SMILES string of the molecule is S=C([S-])N(C1CCCCC1)C1CCCCC1.S=C([S-])N(C1CCCCC1)C1CCCCC1.S=C([S-])N(C1CCCCC1)C1CCCCC1.S=C([S-])N(C1CCCCC1)C1CCCCC1.S=C([S-])N(C1CCCCC1)C1CCCCC1.S=C([S-])N(C1CCCCC1)C1CCCCC1.[Mo]. The summed E-state index contributed by atoms with van der Waals surface area (Å²) in [7, 11) is 0. The standard InChI is InChI=1S/6C13H23NS2.Mo/c6*15-13(16)14(11-7-3-1-4-8-11)12-9-5-2-6-10-12;/h6*11-12H,1-10H2,(H,15,16);/p-6. The molecule has 97 heavy (non-hydrogen) atoms. The predicted octanol–water partition coefficient (Wildman–Crippen LogP) is 22.7. The molecular weight excluding hydrogens is 1500 g/mol. The number of hydrogen-bond donors (Lipinski definition) is 0. The normalized spacial score (nSPS) is 24.0. The van der Waals surface area contributed by atoms with Crippen LogP contribution in [0.2, 0.25) is 0 Å². The fourth-order valence-electron chi connectivity index (χ4n) is 19.9. The van der Waals surface area contributed by atoms with Crippen molar-refractivity contribution >= 4 is 175 Å². The molecule has 0 aromatic carbocycles. The molecule has 0 N–H and O–H groups in total. The Bertz CT molecular complexity index is 1670. The van der Waals surface area contributed by atoms with Gasteiger partial charge in [0.1, 0.15) is 0 Å². The molecule has 12 aliphatic carbocycles. The topological polar surface area (TPSA) is 19.4 Å². The molecule has 0 unspecified atom stereocenters. The van der Waals surface area contributed by atoms with Crippen LogP contribution in [0.3, 0.4) is 0 Å². The van der Waals surface area contributed by atoms with E-state index in [1.54, 1.807) is 0 Å². The van der Waals surface area contributed by atoms with Gasteiger partial charge in [-0.25, -0.2) is 0 Å². The molecule has 0 radical (unpaired) electrons. The maximum atomic E-state index is 5.32. The van der Waals surface area contributed by atoms with Crippen LogP contribution in [-0.4, -0.2) is 128 Å². The van der Waals surface area contributed by atoms with E-state index < -0.39 is 0 Å². The summed E-state index contributed by atoms with van der Waals surface area (Å²) in [6.45, 7) is 0. The minimum Gasteiger partial charge on any atom is -0.411 e. The molecule has 12 rings (SSSR count). The molecular formula is C78H132MoN6S12-6. The average molecular weight is 1630 g/mol. The monoisotopic (exact) mass is 1630 g/mol. The summed E-state index contributed by atoms with van der Waals surface area (Å²) in [5.41, 5.74) is 0. The van der Waals surface area contributed by atoms with Crippen LogP contribution in [0.15, 0.2) is 0 Å². The van der Waals surface area contributed by atoms with Crippen LogP contribution in [0.1, 0.15) is 385 Å². The van der Waals surface area contributed by atoms with Gasteiger partial charge in [0.15, 0.2) is 0 Å². The Balaban J connectivity index is 0.000000183. The summed E-state index contributed by atoms with van der Waals surface area (Å²) in [6, 6.07) is 8.02. The van der Waals surface area contributed by atoms with Crippen LogP contribution in [0, 0.1) is 0 Å². The average Bonchev–Trinajstić information content (AvgIpc) is 2.51. The number of hydrogen-bond acceptors (Lipinski definition) is 12. The molecule has 19 heteroatoms. The molecule has 6 nitrogen and oxygen atoms in total. The summed E-state index contributed by atoms with van der Waals surface area (Å²) in [5.74, 6) is 0. The summed E-state index contributed by atoms with van der Waals surface area (Å²) in [6.07, 6.45) is 81.1. The Morgan fingerprint density at radius 3 is 0.258 bits per heavy atom. The second kappa shape index (κ2) is 50.8. The Labute approximate surface area is 676 Å². The Hall–Kier alpha value is 1.35. The smallest absolute Gasteiger partial charge is 0.0277 e. The minimum atomic E-state index is 0. The van der Waals surface area contributed by atoms with Crippen LogP contribution >= 0.6 is 73.3 Å². The van der Waals surface area contributed by atoms with Gasteiger partial charge in [0, 0.05) is 93.6 Å². The van der Waals surface area contributed by atoms with Crippen molar-refractivity contribution in [2.24, 2.45) is 0 Å². The van der Waals surface area contributed by atoms with Gasteiger partial charge in [0.2, 0.25) is 0 Å². The van der Waals surface area contributed by atoms with E-state index in [-0.39, 0.29) is 21.1 Å². The van der Waals surface area contributed by atoms with Crippen molar-refractivity contribution in [3.63, 3.8) is 0 Å². The van der Waals surface area contributed by atoms with E-state index in [4.69, 9.17) is 149 Å². The Morgan fingerprint density at radius 2 is 0.206 bits per heavy atom. The van der Waals surface area contributed by atoms with Crippen LogP contribution in [0.5, 0.6) is 0 Å². The van der Waals surface area contributed by atoms with Gasteiger partial charge in [0.05, 0.1) is 0 Å². The van der Waals surface area contributed by atoms with Gasteiger partial charge < -0.3 is 178 Å². The third kappa shape index (κ3) is 30.9. The third-order valence-electron chi connectivity index (χ3n) is 24.9. The number of nitrogens with zero attached hydrogens (tertiary/aromatic N) is 6. The van der Waals surface area contributed by atoms with Gasteiger partial charge in [-0.1, -0.05) is 257 Å². The van der Waals surface area contributed by atoms with Gasteiger partial charge in [-0.3, -0.25) is 0 Å². The summed E-state index contributed by atoms with van der Waals surface area (Å²) < 4.78 is 4.41. The van der Waals surface area contributed by atoms with E-state index in [2.05, 4.69) is 29.4 Å². The van der Waals surface area contributed by atoms with E-state index >= 15 is 0 Å². The van der Waals surface area contributed by atoms with Crippen molar-refractivity contribution in [1.82, 2.24) is 29.4 Å². The molecule has 12 aliphatic rings. The van der Waals surface area contributed by atoms with Crippen molar-refractivity contribution < 1.29 is 21.1 Å². The molecule has 558 valence electrons. The second-order valence-electron chi connectivity index (χ2n) is 31.5. The molecule has 0 atom stereocenters. The first kappa shape index (κ1) is 87.3. The second-order valence-corrected chi connectivity index (χ2v) is 37.7. The first-order valence-electron chi connectivity index (χ1n) is 40.7. The Morgan fingerprint density at radius 1 is 0.144 bits per heavy atom. The maximum absolute atomic E-state index is 5.32. The van der Waals surface area contributed by atoms with Crippen molar-refractivity contribution in [3.8, 4) is 0 Å². The zero-order chi connectivity index (χ0) is 68.3. The van der Waals surface area contributed by atoms with Crippen molar-refractivity contribution in [2.45, 2.75) is 458 Å². The first-order valence-corrected chi connectivity index (χ1v) is 45.6. The van der Waals surface area contributed by atoms with E-state index in [0.29, 0.717) is 72.5 Å². The van der Waals surface area contributed by atoms with Gasteiger partial charge in [-0.2, -0.15) is 0 Å². The maximum Gasteiger partial charge on any atom is 0.0277 e. The number of thiocarbonyl (C=S) groups is 6. The zero-order valence-electron chi connectivity index (χ0n) is 60.3. The largest absolute Gasteiger partial charge is 0.411 e. The van der Waals surface area contributed by atoms with E-state index in [9.17, 15) is 0 Å². The van der Waals surface area contributed by atoms with E-state index in [0.717, 1.165) is 25.9 Å². The van der Waals surface area contributed by atoms with Crippen LogP contribution < -0.4 is 0 Å². The molecule has 0 aromatic rings. The fraction of sp³-hybridized carbons (Fsp3) is 0.923. The molecule has 0 saturated heterocycles. The molecule has 0 amide bonds. The van der Waals surface area contributed by atoms with Crippen molar-refractivity contribution in [3.05, 3.63) is 0 Å². The third-order valence-corrected chi connectivity index (χ3v) is 27.4. The van der Waals surface area contributed by atoms with Crippen LogP contribution in [0.25, 0.3) is 0 Å². The quantitative estimate of drug-likeness (QED) is 0.105. The molecule has 0 aromatic heterocycles. The molecule has 0 heterocycles. The molecule has 12 fully saturated rings. The van der Waals surface area contributed by atoms with Crippen LogP contribution in [-0.2, 0) is 96.8 Å².